The van der Waals surface area contributed by atoms with E-state index in [0.717, 1.165) is 15.9 Å². The molecule has 3 N–H and O–H groups in total. The number of halogens is 1. The van der Waals surface area contributed by atoms with Gasteiger partial charge in [-0.05, 0) is 31.4 Å². The third kappa shape index (κ3) is 3.12. The number of nitrogens with two attached hydrogens (primary N) is 1. The molecule has 1 saturated carbocycles. The summed E-state index contributed by atoms with van der Waals surface area (Å²) in [5, 5.41) is 0. The first-order chi connectivity index (χ1) is 8.72. The first-order valence-electron chi connectivity index (χ1n) is 6.52. The predicted molar refractivity (Wildman–Crippen MR) is 79.6 cm³/mol. The summed E-state index contributed by atoms with van der Waals surface area (Å²) in [7, 11) is 0. The van der Waals surface area contributed by atoms with E-state index in [0.29, 0.717) is 6.04 Å². The van der Waals surface area contributed by atoms with E-state index >= 15 is 0 Å². The number of rotatable bonds is 2. The normalized spacial score (nSPS) is 17.8. The quantitative estimate of drug-likeness (QED) is 0.381. The van der Waals surface area contributed by atoms with Crippen molar-refractivity contribution in [2.45, 2.75) is 45.1 Å². The van der Waals surface area contributed by atoms with Crippen LogP contribution in [0.15, 0.2) is 27.7 Å². The number of nitrogens with one attached hydrogen (secondary N) is 1. The molecule has 3 nitrogen and oxygen atoms in total. The van der Waals surface area contributed by atoms with Crippen LogP contribution in [-0.4, -0.2) is 11.9 Å². The fraction of sp³-hybridized carbons (Fsp3) is 0.500. The van der Waals surface area contributed by atoms with Gasteiger partial charge in [0, 0.05) is 10.0 Å². The number of hydrazine groups is 1. The van der Waals surface area contributed by atoms with Gasteiger partial charge in [0.25, 0.3) is 0 Å². The molecule has 98 valence electrons. The zero-order valence-electron chi connectivity index (χ0n) is 10.7. The minimum Gasteiger partial charge on any atom is -0.308 e. The maximum atomic E-state index is 5.64. The van der Waals surface area contributed by atoms with Crippen LogP contribution in [0.2, 0.25) is 0 Å². The molecule has 0 spiro atoms. The molecular weight excluding hydrogens is 290 g/mol. The average Bonchev–Trinajstić information content (AvgIpc) is 2.41. The van der Waals surface area contributed by atoms with Crippen LogP contribution in [0, 0.1) is 6.92 Å². The van der Waals surface area contributed by atoms with Gasteiger partial charge >= 0.3 is 0 Å². The van der Waals surface area contributed by atoms with E-state index in [1.807, 2.05) is 12.1 Å². The highest BCUT2D eigenvalue weighted by molar-refractivity contribution is 9.10. The zero-order chi connectivity index (χ0) is 13.0. The molecule has 1 aliphatic carbocycles. The highest BCUT2D eigenvalue weighted by atomic mass is 79.9. The van der Waals surface area contributed by atoms with Crippen molar-refractivity contribution in [3.63, 3.8) is 0 Å². The number of amidine groups is 1. The molecule has 18 heavy (non-hydrogen) atoms. The van der Waals surface area contributed by atoms with Gasteiger partial charge in [-0.25, -0.2) is 5.84 Å². The lowest BCUT2D eigenvalue weighted by atomic mass is 9.96. The second-order valence-electron chi connectivity index (χ2n) is 4.83. The molecule has 1 aromatic rings. The highest BCUT2D eigenvalue weighted by Crippen LogP contribution is 2.23. The van der Waals surface area contributed by atoms with E-state index in [9.17, 15) is 0 Å². The Morgan fingerprint density at radius 2 is 2.06 bits per heavy atom. The lowest BCUT2D eigenvalue weighted by Gasteiger charge is -2.20. The lowest BCUT2D eigenvalue weighted by Crippen LogP contribution is -2.33. The van der Waals surface area contributed by atoms with Crippen molar-refractivity contribution >= 4 is 21.8 Å². The van der Waals surface area contributed by atoms with Gasteiger partial charge in [-0.15, -0.1) is 0 Å². The number of nitrogens with zero attached hydrogens (tertiary/aromatic N) is 1. The third-order valence-electron chi connectivity index (χ3n) is 3.55. The second kappa shape index (κ2) is 6.34. The highest BCUT2D eigenvalue weighted by Gasteiger charge is 2.15. The van der Waals surface area contributed by atoms with E-state index in [4.69, 9.17) is 10.8 Å². The van der Waals surface area contributed by atoms with E-state index in [1.54, 1.807) is 0 Å². The Balaban J connectivity index is 2.26. The standard InChI is InChI=1S/C14H20BrN3/c1-10-12(8-5-9-13(10)15)14(18-16)17-11-6-3-2-4-7-11/h5,8-9,11H,2-4,6-7,16H2,1H3,(H,17,18). The van der Waals surface area contributed by atoms with Gasteiger partial charge in [-0.3, -0.25) is 4.99 Å². The molecule has 0 amide bonds. The van der Waals surface area contributed by atoms with Crippen LogP contribution >= 0.6 is 15.9 Å². The summed E-state index contributed by atoms with van der Waals surface area (Å²) in [4.78, 5) is 4.79. The smallest absolute Gasteiger partial charge is 0.143 e. The van der Waals surface area contributed by atoms with Gasteiger partial charge in [0.2, 0.25) is 0 Å². The van der Waals surface area contributed by atoms with E-state index in [-0.39, 0.29) is 0 Å². The molecule has 0 aromatic heterocycles. The van der Waals surface area contributed by atoms with Crippen LogP contribution in [0.25, 0.3) is 0 Å². The summed E-state index contributed by atoms with van der Waals surface area (Å²) in [6.45, 7) is 2.08. The summed E-state index contributed by atoms with van der Waals surface area (Å²) in [6.07, 6.45) is 6.26. The summed E-state index contributed by atoms with van der Waals surface area (Å²) in [5.41, 5.74) is 5.02. The Labute approximate surface area is 117 Å². The molecule has 1 aromatic carbocycles. The minimum absolute atomic E-state index is 0.420. The van der Waals surface area contributed by atoms with Crippen LogP contribution < -0.4 is 11.3 Å². The zero-order valence-corrected chi connectivity index (χ0v) is 12.3. The van der Waals surface area contributed by atoms with Gasteiger partial charge < -0.3 is 5.43 Å². The fourth-order valence-corrected chi connectivity index (χ4v) is 2.81. The first-order valence-corrected chi connectivity index (χ1v) is 7.31. The molecule has 0 atom stereocenters. The summed E-state index contributed by atoms with van der Waals surface area (Å²) in [5.74, 6) is 6.45. The number of hydrogen-bond acceptors (Lipinski definition) is 2. The molecule has 0 aliphatic heterocycles. The molecule has 0 radical (unpaired) electrons. The molecular formula is C14H20BrN3. The Bertz CT molecular complexity index is 437. The molecule has 1 fully saturated rings. The van der Waals surface area contributed by atoms with Crippen molar-refractivity contribution in [3.05, 3.63) is 33.8 Å². The van der Waals surface area contributed by atoms with Crippen LogP contribution in [0.3, 0.4) is 0 Å². The molecule has 2 rings (SSSR count). The van der Waals surface area contributed by atoms with Gasteiger partial charge in [-0.1, -0.05) is 47.3 Å². The van der Waals surface area contributed by atoms with Gasteiger partial charge in [0.15, 0.2) is 0 Å². The molecule has 0 bridgehead atoms. The SMILES string of the molecule is Cc1c(Br)cccc1C(=NC1CCCCC1)NN. The maximum Gasteiger partial charge on any atom is 0.143 e. The van der Waals surface area contributed by atoms with Gasteiger partial charge in [0.1, 0.15) is 5.84 Å². The largest absolute Gasteiger partial charge is 0.308 e. The Hall–Kier alpha value is -0.870. The number of benzene rings is 1. The fourth-order valence-electron chi connectivity index (χ4n) is 2.44. The van der Waals surface area contributed by atoms with Crippen molar-refractivity contribution in [2.75, 3.05) is 0 Å². The van der Waals surface area contributed by atoms with E-state index < -0.39 is 0 Å². The Morgan fingerprint density at radius 1 is 1.33 bits per heavy atom. The molecule has 1 aliphatic rings. The summed E-state index contributed by atoms with van der Waals surface area (Å²) >= 11 is 3.55. The second-order valence-corrected chi connectivity index (χ2v) is 5.68. The van der Waals surface area contributed by atoms with Crippen LogP contribution in [0.5, 0.6) is 0 Å². The van der Waals surface area contributed by atoms with Crippen molar-refractivity contribution in [1.82, 2.24) is 5.43 Å². The van der Waals surface area contributed by atoms with Gasteiger partial charge in [-0.2, -0.15) is 0 Å². The predicted octanol–water partition coefficient (Wildman–Crippen LogP) is 3.30. The summed E-state index contributed by atoms with van der Waals surface area (Å²) < 4.78 is 1.09. The summed E-state index contributed by atoms with van der Waals surface area (Å²) in [6, 6.07) is 6.53. The average molecular weight is 310 g/mol. The van der Waals surface area contributed by atoms with Crippen LogP contribution in [0.4, 0.5) is 0 Å². The van der Waals surface area contributed by atoms with E-state index in [2.05, 4.69) is 34.3 Å². The van der Waals surface area contributed by atoms with Crippen molar-refractivity contribution in [1.29, 1.82) is 0 Å². The Morgan fingerprint density at radius 3 is 2.72 bits per heavy atom. The van der Waals surface area contributed by atoms with E-state index in [1.165, 1.54) is 37.7 Å². The van der Waals surface area contributed by atoms with Crippen molar-refractivity contribution in [2.24, 2.45) is 10.8 Å². The maximum absolute atomic E-state index is 5.64. The molecule has 0 saturated heterocycles. The van der Waals surface area contributed by atoms with Gasteiger partial charge in [0.05, 0.1) is 6.04 Å². The molecule has 0 heterocycles. The van der Waals surface area contributed by atoms with Crippen molar-refractivity contribution < 1.29 is 0 Å². The van der Waals surface area contributed by atoms with Crippen LogP contribution in [0.1, 0.15) is 43.2 Å². The third-order valence-corrected chi connectivity index (χ3v) is 4.40. The van der Waals surface area contributed by atoms with Crippen molar-refractivity contribution in [3.8, 4) is 0 Å². The Kier molecular flexibility index (Phi) is 4.78. The number of hydrogen-bond donors (Lipinski definition) is 2. The number of aliphatic imine (C=N–C) groups is 1. The van der Waals surface area contributed by atoms with Crippen LogP contribution in [-0.2, 0) is 0 Å². The topological polar surface area (TPSA) is 50.4 Å². The minimum atomic E-state index is 0.420. The first kappa shape index (κ1) is 13.6. The molecule has 4 heteroatoms. The lowest BCUT2D eigenvalue weighted by molar-refractivity contribution is 0.442. The monoisotopic (exact) mass is 309 g/mol. The molecule has 0 unspecified atom stereocenters.